The Balaban J connectivity index is 0.720. The van der Waals surface area contributed by atoms with Crippen LogP contribution in [-0.2, 0) is 22.6 Å². The molecule has 3 saturated heterocycles. The number of aromatic nitrogens is 5. The molecule has 0 unspecified atom stereocenters. The predicted molar refractivity (Wildman–Crippen MR) is 298 cm³/mol. The van der Waals surface area contributed by atoms with E-state index in [-0.39, 0.29) is 65.3 Å². The Kier molecular flexibility index (Phi) is 16.4. The number of rotatable bonds is 16. The zero-order valence-electron chi connectivity index (χ0n) is 44.2. The highest BCUT2D eigenvalue weighted by Crippen LogP contribution is 2.40. The number of fused-ring (bicyclic) bond motifs is 2. The summed E-state index contributed by atoms with van der Waals surface area (Å²) in [5, 5.41) is 45.5. The number of nitriles is 1. The van der Waals surface area contributed by atoms with E-state index in [0.29, 0.717) is 107 Å². The Labute approximate surface area is 459 Å². The van der Waals surface area contributed by atoms with Crippen LogP contribution in [0, 0.1) is 17.2 Å². The van der Waals surface area contributed by atoms with Crippen LogP contribution >= 0.6 is 11.6 Å². The lowest BCUT2D eigenvalue weighted by atomic mass is 9.95. The van der Waals surface area contributed by atoms with Crippen LogP contribution in [0.2, 0.25) is 5.02 Å². The minimum absolute atomic E-state index is 0.0200. The molecule has 0 radical (unpaired) electrons. The van der Waals surface area contributed by atoms with Crippen LogP contribution in [0.15, 0.2) is 91.5 Å². The molecule has 10 rings (SSSR count). The Hall–Kier alpha value is -7.79. The molecule has 0 bridgehead atoms. The fraction of sp³-hybridized carbons (Fsp3) is 0.414. The van der Waals surface area contributed by atoms with Crippen LogP contribution in [0.4, 0.5) is 11.5 Å². The maximum absolute atomic E-state index is 13.9. The van der Waals surface area contributed by atoms with Gasteiger partial charge in [0.2, 0.25) is 17.6 Å². The third-order valence-corrected chi connectivity index (χ3v) is 15.9. The van der Waals surface area contributed by atoms with E-state index in [1.54, 1.807) is 15.5 Å². The molecule has 6 heterocycles. The van der Waals surface area contributed by atoms with Gasteiger partial charge in [-0.3, -0.25) is 28.8 Å². The summed E-state index contributed by atoms with van der Waals surface area (Å²) in [5.74, 6) is 0.421. The van der Waals surface area contributed by atoms with Crippen molar-refractivity contribution in [3.63, 3.8) is 0 Å². The number of aromatic hydroxyl groups is 2. The second-order valence-corrected chi connectivity index (χ2v) is 21.1. The average Bonchev–Trinajstić information content (AvgIpc) is 4.05. The van der Waals surface area contributed by atoms with E-state index in [1.165, 1.54) is 12.1 Å². The summed E-state index contributed by atoms with van der Waals surface area (Å²) < 4.78 is 8.02. The molecule has 0 saturated carbocycles. The van der Waals surface area contributed by atoms with E-state index >= 15 is 0 Å². The molecule has 3 amide bonds. The number of piperazine rings is 2. The molecule has 78 heavy (non-hydrogen) atoms. The van der Waals surface area contributed by atoms with Crippen molar-refractivity contribution in [2.75, 3.05) is 101 Å². The van der Waals surface area contributed by atoms with Gasteiger partial charge in [0.15, 0.2) is 5.82 Å². The summed E-state index contributed by atoms with van der Waals surface area (Å²) in [5.41, 5.74) is 4.56. The highest BCUT2D eigenvalue weighted by molar-refractivity contribution is 6.36. The minimum Gasteiger partial charge on any atom is -0.508 e. The molecule has 3 N–H and O–H groups in total. The van der Waals surface area contributed by atoms with Gasteiger partial charge in [0, 0.05) is 106 Å². The maximum atomic E-state index is 13.9. The minimum atomic E-state index is -0.416. The quantitative estimate of drug-likeness (QED) is 0.0894. The average molecular weight is 1080 g/mol. The monoisotopic (exact) mass is 1080 g/mol. The molecule has 1 atom stereocenters. The number of nitrogens with one attached hydrogen (secondary N) is 1. The van der Waals surface area contributed by atoms with E-state index in [1.807, 2.05) is 67.3 Å². The molecule has 20 heteroatoms. The van der Waals surface area contributed by atoms with Gasteiger partial charge in [-0.25, -0.2) is 0 Å². The molecule has 0 aliphatic carbocycles. The maximum Gasteiger partial charge on any atom is 0.318 e. The summed E-state index contributed by atoms with van der Waals surface area (Å²) in [6.07, 6.45) is 3.69. The van der Waals surface area contributed by atoms with Crippen LogP contribution in [0.5, 0.6) is 17.5 Å². The second-order valence-electron chi connectivity index (χ2n) is 20.7. The number of phenolic OH excluding ortho intramolecular Hbond substituents is 2. The van der Waals surface area contributed by atoms with E-state index < -0.39 is 5.91 Å². The molecule has 19 nitrogen and oxygen atoms in total. The topological polar surface area (TPSA) is 213 Å². The second kappa shape index (κ2) is 23.8. The lowest BCUT2D eigenvalue weighted by Crippen LogP contribution is -2.55. The number of phenols is 2. The number of likely N-dealkylation sites (tertiary alicyclic amines) is 1. The zero-order chi connectivity index (χ0) is 54.5. The van der Waals surface area contributed by atoms with Crippen molar-refractivity contribution in [2.24, 2.45) is 5.92 Å². The summed E-state index contributed by atoms with van der Waals surface area (Å²) in [6, 6.07) is 26.6. The van der Waals surface area contributed by atoms with E-state index in [4.69, 9.17) is 26.3 Å². The van der Waals surface area contributed by atoms with Crippen LogP contribution < -0.4 is 19.9 Å². The highest BCUT2D eigenvalue weighted by atomic mass is 35.5. The van der Waals surface area contributed by atoms with Crippen LogP contribution in [0.1, 0.15) is 66.5 Å². The number of halogens is 1. The summed E-state index contributed by atoms with van der Waals surface area (Å²) in [7, 11) is 0. The number of carbonyl (C=O) groups excluding carboxylic acids is 3. The highest BCUT2D eigenvalue weighted by Gasteiger charge is 2.35. The predicted octanol–water partition coefficient (Wildman–Crippen LogP) is 6.41. The van der Waals surface area contributed by atoms with Crippen molar-refractivity contribution in [3.05, 3.63) is 119 Å². The Morgan fingerprint density at radius 2 is 1.63 bits per heavy atom. The molecular formula is C58H66ClN13O6. The fourth-order valence-electron chi connectivity index (χ4n) is 11.4. The molecule has 406 valence electrons. The molecule has 0 spiro atoms. The number of amides is 3. The summed E-state index contributed by atoms with van der Waals surface area (Å²) in [6.45, 7) is 16.3. The molecule has 3 fully saturated rings. The Bertz CT molecular complexity index is 3220. The molecule has 4 aromatic carbocycles. The first-order valence-electron chi connectivity index (χ1n) is 27.0. The van der Waals surface area contributed by atoms with E-state index in [2.05, 4.69) is 66.0 Å². The van der Waals surface area contributed by atoms with E-state index in [9.17, 15) is 29.9 Å². The summed E-state index contributed by atoms with van der Waals surface area (Å²) in [4.78, 5) is 63.2. The first kappa shape index (κ1) is 53.6. The molecule has 2 aromatic heterocycles. The van der Waals surface area contributed by atoms with Gasteiger partial charge in [0.05, 0.1) is 41.4 Å². The van der Waals surface area contributed by atoms with Gasteiger partial charge >= 0.3 is 6.01 Å². The third kappa shape index (κ3) is 11.4. The number of para-hydroxylation sites is 1. The number of carbonyl (C=O) groups is 3. The van der Waals surface area contributed by atoms with Gasteiger partial charge < -0.3 is 39.9 Å². The number of nitrogens with zero attached hydrogens (tertiary/aromatic N) is 12. The molecule has 6 aromatic rings. The molecule has 4 aliphatic heterocycles. The van der Waals surface area contributed by atoms with Crippen molar-refractivity contribution in [1.29, 1.82) is 5.26 Å². The van der Waals surface area contributed by atoms with Crippen molar-refractivity contribution >= 4 is 51.6 Å². The van der Waals surface area contributed by atoms with Crippen LogP contribution in [-0.4, -0.2) is 170 Å². The number of ether oxygens (including phenoxy) is 1. The van der Waals surface area contributed by atoms with Crippen LogP contribution in [0.25, 0.3) is 27.8 Å². The standard InChI is InChI=1S/C58H66ClN13O6/c1-4-51(75)71-31-30-70(36-42(71)16-20-60)53-43-19-24-69(48-15-9-11-39-10-8-14-46(59)52(39)48)37-47(43)62-58(63-53)78-33-32-66-22-17-40(18-23-66)57(77)68-28-26-67(27-29-68)25-21-61-56(76)55-65-64-54(72(55)41-12-6-5-7-13-41)45-34-44(38(2)3)49(73)35-50(45)74/h4-15,34-35,38,40,42,73-74H,1,16-19,21-33,36-37H2,2-3H3,(H,61,76)/t42-/m0/s1. The number of piperidine rings is 1. The normalized spacial score (nSPS) is 17.5. The third-order valence-electron chi connectivity index (χ3n) is 15.6. The Morgan fingerprint density at radius 1 is 0.872 bits per heavy atom. The van der Waals surface area contributed by atoms with Crippen molar-refractivity contribution < 1.29 is 29.3 Å². The summed E-state index contributed by atoms with van der Waals surface area (Å²) >= 11 is 6.80. The first-order valence-corrected chi connectivity index (χ1v) is 27.3. The number of hydrogen-bond acceptors (Lipinski definition) is 15. The van der Waals surface area contributed by atoms with Crippen molar-refractivity contribution in [2.45, 2.75) is 58.0 Å². The largest absolute Gasteiger partial charge is 0.508 e. The van der Waals surface area contributed by atoms with Crippen molar-refractivity contribution in [3.8, 4) is 40.7 Å². The zero-order valence-corrected chi connectivity index (χ0v) is 45.0. The SMILES string of the molecule is C=CC(=O)N1CCN(c2nc(OCCN3CCC(C(=O)N4CCN(CCNC(=O)c5nnc(-c6cc(C(C)C)c(O)cc6O)n5-c5ccccc5)CC4)CC3)nc3c2CCN(c2cccc4cccc(Cl)c24)C3)C[C@@H]1CC#N. The lowest BCUT2D eigenvalue weighted by molar-refractivity contribution is -0.138. The molecule has 4 aliphatic rings. The van der Waals surface area contributed by atoms with Gasteiger partial charge in [-0.15, -0.1) is 10.2 Å². The molecular weight excluding hydrogens is 1010 g/mol. The number of anilines is 2. The van der Waals surface area contributed by atoms with Gasteiger partial charge in [0.1, 0.15) is 23.9 Å². The van der Waals surface area contributed by atoms with Crippen molar-refractivity contribution in [1.82, 2.24) is 49.6 Å². The lowest BCUT2D eigenvalue weighted by Gasteiger charge is -2.42. The van der Waals surface area contributed by atoms with Gasteiger partial charge in [-0.1, -0.05) is 74.5 Å². The van der Waals surface area contributed by atoms with Crippen LogP contribution in [0.3, 0.4) is 0 Å². The fourth-order valence-corrected chi connectivity index (χ4v) is 11.7. The van der Waals surface area contributed by atoms with Gasteiger partial charge in [-0.05, 0) is 85.6 Å². The number of hydrogen-bond donors (Lipinski definition) is 3. The smallest absolute Gasteiger partial charge is 0.318 e. The Morgan fingerprint density at radius 3 is 2.37 bits per heavy atom. The van der Waals surface area contributed by atoms with Gasteiger partial charge in [0.25, 0.3) is 5.91 Å². The first-order chi connectivity index (χ1) is 37.9. The number of benzene rings is 4. The van der Waals surface area contributed by atoms with Gasteiger partial charge in [-0.2, -0.15) is 15.2 Å². The van der Waals surface area contributed by atoms with E-state index in [0.717, 1.165) is 66.0 Å².